The fourth-order valence-electron chi connectivity index (χ4n) is 3.36. The number of benzene rings is 1. The van der Waals surface area contributed by atoms with E-state index in [0.717, 1.165) is 12.8 Å². The van der Waals surface area contributed by atoms with Gasteiger partial charge in [-0.15, -0.1) is 0 Å². The normalized spacial score (nSPS) is 21.1. The molecule has 1 unspecified atom stereocenters. The van der Waals surface area contributed by atoms with E-state index in [1.807, 2.05) is 18.2 Å². The van der Waals surface area contributed by atoms with Crippen LogP contribution < -0.4 is 4.90 Å². The fraction of sp³-hybridized carbons (Fsp3) is 0.389. The molecule has 1 atom stereocenters. The summed E-state index contributed by atoms with van der Waals surface area (Å²) >= 11 is 0. The number of aryl methyl sites for hydroxylation is 1. The van der Waals surface area contributed by atoms with E-state index in [4.69, 9.17) is 0 Å². The highest BCUT2D eigenvalue weighted by Crippen LogP contribution is 2.35. The molecule has 0 radical (unpaired) electrons. The van der Waals surface area contributed by atoms with Crippen molar-refractivity contribution in [3.63, 3.8) is 0 Å². The third kappa shape index (κ3) is 2.73. The maximum Gasteiger partial charge on any atom is 0.251 e. The van der Waals surface area contributed by atoms with Crippen LogP contribution in [0.4, 0.5) is 5.69 Å². The molecule has 2 amide bonds. The molecule has 0 bridgehead atoms. The van der Waals surface area contributed by atoms with E-state index in [1.165, 1.54) is 10.5 Å². The van der Waals surface area contributed by atoms with Gasteiger partial charge in [-0.1, -0.05) is 30.3 Å². The molecule has 6 heteroatoms. The maximum atomic E-state index is 12.9. The fourth-order valence-corrected chi connectivity index (χ4v) is 3.36. The van der Waals surface area contributed by atoms with Gasteiger partial charge >= 0.3 is 0 Å². The minimum atomic E-state index is -0.370. The molecule has 0 N–H and O–H groups in total. The first-order valence-corrected chi connectivity index (χ1v) is 8.28. The van der Waals surface area contributed by atoms with Crippen molar-refractivity contribution in [2.24, 2.45) is 7.05 Å². The molecule has 1 aromatic carbocycles. The van der Waals surface area contributed by atoms with Crippen LogP contribution in [0.2, 0.25) is 0 Å². The Morgan fingerprint density at radius 1 is 1.21 bits per heavy atom. The van der Waals surface area contributed by atoms with Crippen molar-refractivity contribution in [3.8, 4) is 0 Å². The highest BCUT2D eigenvalue weighted by Gasteiger charge is 2.46. The Bertz CT molecular complexity index is 766. The molecule has 6 nitrogen and oxygen atoms in total. The van der Waals surface area contributed by atoms with Gasteiger partial charge in [0, 0.05) is 25.8 Å². The van der Waals surface area contributed by atoms with Crippen LogP contribution in [-0.4, -0.2) is 38.6 Å². The van der Waals surface area contributed by atoms with Gasteiger partial charge in [0.25, 0.3) is 5.91 Å². The number of hydrogen-bond acceptors (Lipinski definition) is 4. The first-order chi connectivity index (χ1) is 11.6. The summed E-state index contributed by atoms with van der Waals surface area (Å²) in [6.07, 6.45) is 5.71. The summed E-state index contributed by atoms with van der Waals surface area (Å²) in [5.41, 5.74) is 1.73. The van der Waals surface area contributed by atoms with E-state index in [-0.39, 0.29) is 24.3 Å². The second kappa shape index (κ2) is 5.87. The lowest BCUT2D eigenvalue weighted by Gasteiger charge is -2.27. The molecule has 1 saturated heterocycles. The second-order valence-corrected chi connectivity index (χ2v) is 6.55. The Kier molecular flexibility index (Phi) is 3.69. The quantitative estimate of drug-likeness (QED) is 0.786. The average Bonchev–Trinajstić information content (AvgIpc) is 3.27. The predicted octanol–water partition coefficient (Wildman–Crippen LogP) is 1.72. The van der Waals surface area contributed by atoms with Crippen molar-refractivity contribution in [1.29, 1.82) is 0 Å². The monoisotopic (exact) mass is 324 g/mol. The van der Waals surface area contributed by atoms with Gasteiger partial charge in [0.15, 0.2) is 0 Å². The molecule has 4 rings (SSSR count). The molecular formula is C18H20N4O2. The van der Waals surface area contributed by atoms with Crippen LogP contribution in [-0.2, 0) is 23.2 Å². The van der Waals surface area contributed by atoms with E-state index in [1.54, 1.807) is 24.1 Å². The van der Waals surface area contributed by atoms with E-state index in [2.05, 4.69) is 22.1 Å². The molecule has 2 aliphatic rings. The van der Waals surface area contributed by atoms with Crippen molar-refractivity contribution in [2.75, 3.05) is 4.90 Å². The topological polar surface area (TPSA) is 58.4 Å². The highest BCUT2D eigenvalue weighted by atomic mass is 16.2. The van der Waals surface area contributed by atoms with Crippen LogP contribution in [0.3, 0.4) is 0 Å². The Morgan fingerprint density at radius 3 is 2.58 bits per heavy atom. The van der Waals surface area contributed by atoms with Gasteiger partial charge in [-0.3, -0.25) is 19.2 Å². The number of amides is 2. The van der Waals surface area contributed by atoms with Gasteiger partial charge in [-0.2, -0.15) is 5.10 Å². The Balaban J connectivity index is 1.58. The van der Waals surface area contributed by atoms with Gasteiger partial charge in [0.05, 0.1) is 24.3 Å². The summed E-state index contributed by atoms with van der Waals surface area (Å²) in [4.78, 5) is 28.9. The number of anilines is 1. The summed E-state index contributed by atoms with van der Waals surface area (Å²) < 4.78 is 1.60. The molecule has 1 saturated carbocycles. The van der Waals surface area contributed by atoms with E-state index < -0.39 is 0 Å². The first kappa shape index (κ1) is 15.1. The van der Waals surface area contributed by atoms with E-state index in [9.17, 15) is 9.59 Å². The predicted molar refractivity (Wildman–Crippen MR) is 89.1 cm³/mol. The number of carbonyl (C=O) groups is 2. The van der Waals surface area contributed by atoms with E-state index >= 15 is 0 Å². The summed E-state index contributed by atoms with van der Waals surface area (Å²) in [6, 6.07) is 10.2. The summed E-state index contributed by atoms with van der Waals surface area (Å²) in [7, 11) is 1.78. The molecule has 1 aliphatic heterocycles. The van der Waals surface area contributed by atoms with Crippen molar-refractivity contribution < 1.29 is 9.59 Å². The molecule has 0 spiro atoms. The lowest BCUT2D eigenvalue weighted by molar-refractivity contribution is -0.123. The molecule has 2 aromatic rings. The van der Waals surface area contributed by atoms with Crippen LogP contribution in [0.15, 0.2) is 42.7 Å². The lowest BCUT2D eigenvalue weighted by atomic mass is 10.1. The number of nitrogens with zero attached hydrogens (tertiary/aromatic N) is 4. The van der Waals surface area contributed by atoms with Crippen LogP contribution in [0, 0.1) is 0 Å². The third-order valence-electron chi connectivity index (χ3n) is 4.70. The average molecular weight is 324 g/mol. The van der Waals surface area contributed by atoms with Crippen molar-refractivity contribution in [2.45, 2.75) is 37.9 Å². The highest BCUT2D eigenvalue weighted by molar-refractivity contribution is 6.22. The van der Waals surface area contributed by atoms with Gasteiger partial charge in [0.2, 0.25) is 5.91 Å². The largest absolute Gasteiger partial charge is 0.284 e. The first-order valence-electron chi connectivity index (χ1n) is 8.28. The molecular weight excluding hydrogens is 304 g/mol. The second-order valence-electron chi connectivity index (χ2n) is 6.55. The standard InChI is InChI=1S/C18H20N4O2/c1-20-12-15(10-19-20)22-17(23)9-16(18(22)24)21(14-7-8-14)11-13-5-3-2-4-6-13/h2-6,10,12,14,16H,7-9,11H2,1H3. The molecule has 124 valence electrons. The van der Waals surface area contributed by atoms with Gasteiger partial charge in [-0.05, 0) is 18.4 Å². The third-order valence-corrected chi connectivity index (χ3v) is 4.70. The minimum Gasteiger partial charge on any atom is -0.284 e. The van der Waals surface area contributed by atoms with Crippen molar-refractivity contribution in [1.82, 2.24) is 14.7 Å². The molecule has 2 heterocycles. The summed E-state index contributed by atoms with van der Waals surface area (Å²) in [5.74, 6) is -0.271. The Labute approximate surface area is 140 Å². The molecule has 24 heavy (non-hydrogen) atoms. The van der Waals surface area contributed by atoms with Crippen LogP contribution in [0.25, 0.3) is 0 Å². The zero-order valence-corrected chi connectivity index (χ0v) is 13.6. The van der Waals surface area contributed by atoms with Crippen LogP contribution >= 0.6 is 0 Å². The van der Waals surface area contributed by atoms with Gasteiger partial charge < -0.3 is 0 Å². The number of carbonyl (C=O) groups excluding carboxylic acids is 2. The molecule has 2 fully saturated rings. The minimum absolute atomic E-state index is 0.129. The SMILES string of the molecule is Cn1cc(N2C(=O)CC(N(Cc3ccccc3)C3CC3)C2=O)cn1. The van der Waals surface area contributed by atoms with Crippen molar-refractivity contribution in [3.05, 3.63) is 48.3 Å². The zero-order valence-electron chi connectivity index (χ0n) is 13.6. The van der Waals surface area contributed by atoms with Crippen LogP contribution in [0.5, 0.6) is 0 Å². The van der Waals surface area contributed by atoms with E-state index in [0.29, 0.717) is 18.3 Å². The number of rotatable bonds is 5. The Morgan fingerprint density at radius 2 is 1.96 bits per heavy atom. The van der Waals surface area contributed by atoms with Gasteiger partial charge in [-0.25, -0.2) is 4.90 Å². The van der Waals surface area contributed by atoms with Crippen LogP contribution in [0.1, 0.15) is 24.8 Å². The summed E-state index contributed by atoms with van der Waals surface area (Å²) in [6.45, 7) is 0.704. The number of imide groups is 1. The zero-order chi connectivity index (χ0) is 16.7. The number of hydrogen-bond donors (Lipinski definition) is 0. The molecule has 1 aromatic heterocycles. The Hall–Kier alpha value is -2.47. The maximum absolute atomic E-state index is 12.9. The smallest absolute Gasteiger partial charge is 0.251 e. The lowest BCUT2D eigenvalue weighted by Crippen LogP contribution is -2.43. The van der Waals surface area contributed by atoms with Gasteiger partial charge in [0.1, 0.15) is 0 Å². The molecule has 1 aliphatic carbocycles. The summed E-state index contributed by atoms with van der Waals surface area (Å²) in [5, 5.41) is 4.07. The van der Waals surface area contributed by atoms with Crippen molar-refractivity contribution >= 4 is 17.5 Å². The number of aromatic nitrogens is 2.